The summed E-state index contributed by atoms with van der Waals surface area (Å²) in [6.07, 6.45) is 1.86. The third-order valence-electron chi connectivity index (χ3n) is 2.78. The van der Waals surface area contributed by atoms with E-state index in [1.54, 1.807) is 0 Å². The van der Waals surface area contributed by atoms with Gasteiger partial charge >= 0.3 is 5.97 Å². The molecule has 2 rings (SSSR count). The second kappa shape index (κ2) is 5.08. The van der Waals surface area contributed by atoms with Gasteiger partial charge in [0.25, 0.3) is 0 Å². The van der Waals surface area contributed by atoms with Crippen molar-refractivity contribution in [3.8, 4) is 5.75 Å². The molecule has 0 radical (unpaired) electrons. The fourth-order valence-electron chi connectivity index (χ4n) is 1.83. The predicted octanol–water partition coefficient (Wildman–Crippen LogP) is 1.07. The van der Waals surface area contributed by atoms with Gasteiger partial charge in [-0.05, 0) is 18.6 Å². The number of hydrogen-bond donors (Lipinski definition) is 1. The summed E-state index contributed by atoms with van der Waals surface area (Å²) in [6, 6.07) is 2.76. The highest BCUT2D eigenvalue weighted by atomic mass is 32.2. The van der Waals surface area contributed by atoms with Crippen LogP contribution in [0.4, 0.5) is 5.69 Å². The summed E-state index contributed by atoms with van der Waals surface area (Å²) < 4.78 is 33.5. The second-order valence-electron chi connectivity index (χ2n) is 4.24. The lowest BCUT2D eigenvalue weighted by Gasteiger charge is -2.13. The highest BCUT2D eigenvalue weighted by Gasteiger charge is 2.23. The first-order chi connectivity index (χ1) is 8.93. The molecular weight excluding hydrogens is 270 g/mol. The Balaban J connectivity index is 2.65. The van der Waals surface area contributed by atoms with E-state index in [2.05, 4.69) is 10.1 Å². The zero-order valence-corrected chi connectivity index (χ0v) is 11.5. The molecule has 0 bridgehead atoms. The number of hydrogen-bond acceptors (Lipinski definition) is 6. The molecule has 1 N–H and O–H groups in total. The number of ether oxygens (including phenoxy) is 2. The monoisotopic (exact) mass is 285 g/mol. The SMILES string of the molecule is COC(=O)c1cc(S(C)(=O)=O)cc2c1OCCCN2. The maximum Gasteiger partial charge on any atom is 0.341 e. The average Bonchev–Trinajstić information content (AvgIpc) is 2.60. The quantitative estimate of drug-likeness (QED) is 0.819. The Morgan fingerprint density at radius 2 is 2.16 bits per heavy atom. The summed E-state index contributed by atoms with van der Waals surface area (Å²) in [5.41, 5.74) is 0.621. The molecule has 0 saturated heterocycles. The van der Waals surface area contributed by atoms with E-state index in [4.69, 9.17) is 4.74 Å². The molecule has 0 fully saturated rings. The molecule has 7 heteroatoms. The lowest BCUT2D eigenvalue weighted by atomic mass is 10.1. The van der Waals surface area contributed by atoms with Gasteiger partial charge in [0.15, 0.2) is 15.6 Å². The number of rotatable bonds is 2. The van der Waals surface area contributed by atoms with Gasteiger partial charge in [-0.15, -0.1) is 0 Å². The first kappa shape index (κ1) is 13.7. The summed E-state index contributed by atoms with van der Waals surface area (Å²) in [6.45, 7) is 1.11. The lowest BCUT2D eigenvalue weighted by molar-refractivity contribution is 0.0596. The van der Waals surface area contributed by atoms with Crippen molar-refractivity contribution in [2.45, 2.75) is 11.3 Å². The van der Waals surface area contributed by atoms with Gasteiger partial charge in [-0.3, -0.25) is 0 Å². The van der Waals surface area contributed by atoms with Crippen molar-refractivity contribution in [2.75, 3.05) is 31.8 Å². The van der Waals surface area contributed by atoms with Gasteiger partial charge in [0.2, 0.25) is 0 Å². The molecule has 1 heterocycles. The summed E-state index contributed by atoms with van der Waals surface area (Å²) in [5.74, 6) is -0.276. The molecule has 19 heavy (non-hydrogen) atoms. The van der Waals surface area contributed by atoms with E-state index in [0.29, 0.717) is 24.6 Å². The standard InChI is InChI=1S/C12H15NO5S/c1-17-12(14)9-6-8(19(2,15)16)7-10-11(9)18-5-3-4-13-10/h6-7,13H,3-5H2,1-2H3. The molecule has 0 saturated carbocycles. The van der Waals surface area contributed by atoms with E-state index in [1.165, 1.54) is 19.2 Å². The zero-order valence-electron chi connectivity index (χ0n) is 10.7. The Labute approximate surface area is 111 Å². The molecule has 0 spiro atoms. The van der Waals surface area contributed by atoms with Crippen molar-refractivity contribution in [1.29, 1.82) is 0 Å². The molecule has 0 unspecified atom stereocenters. The summed E-state index contributed by atoms with van der Waals surface area (Å²) in [7, 11) is -2.17. The maximum atomic E-state index is 11.8. The third kappa shape index (κ3) is 2.81. The van der Waals surface area contributed by atoms with Crippen LogP contribution in [-0.2, 0) is 14.6 Å². The number of nitrogens with one attached hydrogen (secondary N) is 1. The highest BCUT2D eigenvalue weighted by Crippen LogP contribution is 2.34. The second-order valence-corrected chi connectivity index (χ2v) is 6.26. The van der Waals surface area contributed by atoms with Gasteiger partial charge in [-0.1, -0.05) is 0 Å². The number of esters is 1. The number of anilines is 1. The van der Waals surface area contributed by atoms with Crippen molar-refractivity contribution >= 4 is 21.5 Å². The van der Waals surface area contributed by atoms with E-state index in [1.807, 2.05) is 0 Å². The van der Waals surface area contributed by atoms with Crippen molar-refractivity contribution in [1.82, 2.24) is 0 Å². The van der Waals surface area contributed by atoms with Crippen molar-refractivity contribution in [3.05, 3.63) is 17.7 Å². The molecule has 1 aromatic carbocycles. The first-order valence-corrected chi connectivity index (χ1v) is 7.65. The van der Waals surface area contributed by atoms with Gasteiger partial charge in [0.1, 0.15) is 5.56 Å². The molecular formula is C12H15NO5S. The minimum atomic E-state index is -3.42. The van der Waals surface area contributed by atoms with Crippen molar-refractivity contribution in [2.24, 2.45) is 0 Å². The molecule has 0 aromatic heterocycles. The van der Waals surface area contributed by atoms with Gasteiger partial charge in [-0.25, -0.2) is 13.2 Å². The molecule has 0 atom stereocenters. The number of carbonyl (C=O) groups excluding carboxylic acids is 1. The van der Waals surface area contributed by atoms with Crippen LogP contribution in [0, 0.1) is 0 Å². The van der Waals surface area contributed by atoms with Crippen molar-refractivity contribution < 1.29 is 22.7 Å². The van der Waals surface area contributed by atoms with Crippen LogP contribution in [0.1, 0.15) is 16.8 Å². The Kier molecular flexibility index (Phi) is 3.66. The van der Waals surface area contributed by atoms with Crippen LogP contribution >= 0.6 is 0 Å². The normalized spacial score (nSPS) is 14.6. The minimum Gasteiger partial charge on any atom is -0.490 e. The largest absolute Gasteiger partial charge is 0.490 e. The van der Waals surface area contributed by atoms with Crippen molar-refractivity contribution in [3.63, 3.8) is 0 Å². The summed E-state index contributed by atoms with van der Waals surface area (Å²) in [5, 5.41) is 3.06. The number of benzene rings is 1. The van der Waals surface area contributed by atoms with E-state index in [0.717, 1.165) is 12.7 Å². The molecule has 1 aliphatic rings. The van der Waals surface area contributed by atoms with E-state index in [9.17, 15) is 13.2 Å². The molecule has 0 amide bonds. The molecule has 1 aromatic rings. The summed E-state index contributed by atoms with van der Waals surface area (Å²) in [4.78, 5) is 11.8. The minimum absolute atomic E-state index is 0.0599. The predicted molar refractivity (Wildman–Crippen MR) is 69.5 cm³/mol. The van der Waals surface area contributed by atoms with Gasteiger partial charge in [0.05, 0.1) is 24.3 Å². The molecule has 1 aliphatic heterocycles. The molecule has 0 aliphatic carbocycles. The fourth-order valence-corrected chi connectivity index (χ4v) is 2.50. The van der Waals surface area contributed by atoms with Crippen LogP contribution in [0.2, 0.25) is 0 Å². The molecule has 104 valence electrons. The van der Waals surface area contributed by atoms with Gasteiger partial charge < -0.3 is 14.8 Å². The van der Waals surface area contributed by atoms with Crippen LogP contribution in [0.3, 0.4) is 0 Å². The van der Waals surface area contributed by atoms with E-state index >= 15 is 0 Å². The zero-order chi connectivity index (χ0) is 14.0. The van der Waals surface area contributed by atoms with Gasteiger partial charge in [-0.2, -0.15) is 0 Å². The fraction of sp³-hybridized carbons (Fsp3) is 0.417. The van der Waals surface area contributed by atoms with E-state index < -0.39 is 15.8 Å². The van der Waals surface area contributed by atoms with Crippen LogP contribution in [0.25, 0.3) is 0 Å². The van der Waals surface area contributed by atoms with Crippen LogP contribution in [0.15, 0.2) is 17.0 Å². The Hall–Kier alpha value is -1.76. The number of sulfone groups is 1. The Morgan fingerprint density at radius 1 is 1.42 bits per heavy atom. The number of methoxy groups -OCH3 is 1. The average molecular weight is 285 g/mol. The third-order valence-corrected chi connectivity index (χ3v) is 3.87. The van der Waals surface area contributed by atoms with Gasteiger partial charge in [0, 0.05) is 12.8 Å². The topological polar surface area (TPSA) is 81.7 Å². The highest BCUT2D eigenvalue weighted by molar-refractivity contribution is 7.90. The Morgan fingerprint density at radius 3 is 2.79 bits per heavy atom. The number of carbonyl (C=O) groups is 1. The maximum absolute atomic E-state index is 11.8. The summed E-state index contributed by atoms with van der Waals surface area (Å²) >= 11 is 0. The van der Waals surface area contributed by atoms with Crippen LogP contribution in [0.5, 0.6) is 5.75 Å². The van der Waals surface area contributed by atoms with E-state index in [-0.39, 0.29) is 10.5 Å². The smallest absolute Gasteiger partial charge is 0.341 e. The van der Waals surface area contributed by atoms with Crippen LogP contribution < -0.4 is 10.1 Å². The lowest BCUT2D eigenvalue weighted by Crippen LogP contribution is -2.09. The van der Waals surface area contributed by atoms with Crippen LogP contribution in [-0.4, -0.2) is 40.9 Å². The molecule has 6 nitrogen and oxygen atoms in total. The Bertz CT molecular complexity index is 609. The number of fused-ring (bicyclic) bond motifs is 1. The first-order valence-electron chi connectivity index (χ1n) is 5.76.